The monoisotopic (exact) mass is 238 g/mol. The van der Waals surface area contributed by atoms with Gasteiger partial charge in [-0.15, -0.1) is 0 Å². The fourth-order valence-corrected chi connectivity index (χ4v) is 1.40. The van der Waals surface area contributed by atoms with Crippen molar-refractivity contribution in [3.8, 4) is 6.07 Å². The van der Waals surface area contributed by atoms with E-state index < -0.39 is 11.8 Å². The Balaban J connectivity index is 2.53. The molecule has 0 aromatic heterocycles. The lowest BCUT2D eigenvalue weighted by Gasteiger charge is -2.16. The minimum atomic E-state index is -2.44. The van der Waals surface area contributed by atoms with E-state index in [9.17, 15) is 8.78 Å². The van der Waals surface area contributed by atoms with Crippen LogP contribution in [-0.2, 0) is 6.54 Å². The van der Waals surface area contributed by atoms with E-state index in [0.29, 0.717) is 13.1 Å². The summed E-state index contributed by atoms with van der Waals surface area (Å²) < 4.78 is 24.9. The van der Waals surface area contributed by atoms with Crippen molar-refractivity contribution in [3.05, 3.63) is 35.4 Å². The number of nitrogens with zero attached hydrogens (tertiary/aromatic N) is 1. The van der Waals surface area contributed by atoms with Crippen LogP contribution in [0.4, 0.5) is 8.78 Å². The van der Waals surface area contributed by atoms with Crippen LogP contribution in [-0.4, -0.2) is 6.54 Å². The molecule has 1 rings (SSSR count). The average molecular weight is 238 g/mol. The molecule has 1 N–H and O–H groups in total. The molecule has 1 aromatic carbocycles. The van der Waals surface area contributed by atoms with Gasteiger partial charge in [0, 0.05) is 18.7 Å². The quantitative estimate of drug-likeness (QED) is 0.854. The summed E-state index contributed by atoms with van der Waals surface area (Å²) in [6, 6.07) is 8.48. The number of hydrogen-bond acceptors (Lipinski definition) is 2. The first-order valence-electron chi connectivity index (χ1n) is 5.43. The van der Waals surface area contributed by atoms with Gasteiger partial charge < -0.3 is 5.32 Å². The Morgan fingerprint density at radius 2 is 2.12 bits per heavy atom. The van der Waals surface area contributed by atoms with E-state index in [2.05, 4.69) is 11.4 Å². The molecule has 0 aliphatic rings. The van der Waals surface area contributed by atoms with Gasteiger partial charge in [0.05, 0.1) is 11.5 Å². The standard InChI is InChI=1S/C13H16F2N2/c1-13(2,8-16)9-17-7-10-4-3-5-11(6-10)12(14)15/h3-6,12,17H,7,9H2,1-2H3. The lowest BCUT2D eigenvalue weighted by molar-refractivity contribution is 0.151. The van der Waals surface area contributed by atoms with Gasteiger partial charge in [0.15, 0.2) is 0 Å². The van der Waals surface area contributed by atoms with Crippen LogP contribution in [0.5, 0.6) is 0 Å². The molecule has 0 fully saturated rings. The molecule has 0 aliphatic heterocycles. The SMILES string of the molecule is CC(C)(C#N)CNCc1cccc(C(F)F)c1. The third kappa shape index (κ3) is 4.49. The molecule has 0 saturated carbocycles. The van der Waals surface area contributed by atoms with Crippen LogP contribution in [0, 0.1) is 16.7 Å². The van der Waals surface area contributed by atoms with E-state index in [-0.39, 0.29) is 5.56 Å². The Labute approximate surface area is 100 Å². The van der Waals surface area contributed by atoms with Crippen LogP contribution < -0.4 is 5.32 Å². The molecule has 0 amide bonds. The van der Waals surface area contributed by atoms with Crippen molar-refractivity contribution >= 4 is 0 Å². The Morgan fingerprint density at radius 3 is 2.71 bits per heavy atom. The van der Waals surface area contributed by atoms with Crippen molar-refractivity contribution in [1.29, 1.82) is 5.26 Å². The first kappa shape index (κ1) is 13.6. The van der Waals surface area contributed by atoms with Gasteiger partial charge in [-0.2, -0.15) is 5.26 Å². The van der Waals surface area contributed by atoms with Crippen molar-refractivity contribution in [3.63, 3.8) is 0 Å². The summed E-state index contributed by atoms with van der Waals surface area (Å²) in [5.74, 6) is 0. The second-order valence-electron chi connectivity index (χ2n) is 4.64. The van der Waals surface area contributed by atoms with Crippen LogP contribution in [0.2, 0.25) is 0 Å². The van der Waals surface area contributed by atoms with E-state index in [1.54, 1.807) is 12.1 Å². The zero-order valence-corrected chi connectivity index (χ0v) is 10.0. The number of halogens is 2. The third-order valence-corrected chi connectivity index (χ3v) is 2.40. The fourth-order valence-electron chi connectivity index (χ4n) is 1.40. The van der Waals surface area contributed by atoms with Gasteiger partial charge in [0.1, 0.15) is 0 Å². The highest BCUT2D eigenvalue weighted by Crippen LogP contribution is 2.19. The molecule has 0 bridgehead atoms. The summed E-state index contributed by atoms with van der Waals surface area (Å²) in [4.78, 5) is 0. The molecule has 0 unspecified atom stereocenters. The highest BCUT2D eigenvalue weighted by Gasteiger charge is 2.15. The van der Waals surface area contributed by atoms with Crippen LogP contribution >= 0.6 is 0 Å². The fraction of sp³-hybridized carbons (Fsp3) is 0.462. The summed E-state index contributed by atoms with van der Waals surface area (Å²) in [5, 5.41) is 11.9. The van der Waals surface area contributed by atoms with Crippen LogP contribution in [0.25, 0.3) is 0 Å². The molecular weight excluding hydrogens is 222 g/mol. The molecule has 0 heterocycles. The van der Waals surface area contributed by atoms with Crippen LogP contribution in [0.15, 0.2) is 24.3 Å². The van der Waals surface area contributed by atoms with Gasteiger partial charge in [-0.25, -0.2) is 8.78 Å². The lowest BCUT2D eigenvalue weighted by atomic mass is 9.96. The van der Waals surface area contributed by atoms with Crippen molar-refractivity contribution in [2.45, 2.75) is 26.8 Å². The average Bonchev–Trinajstić information content (AvgIpc) is 2.29. The van der Waals surface area contributed by atoms with Crippen LogP contribution in [0.3, 0.4) is 0 Å². The Bertz CT molecular complexity index is 408. The van der Waals surface area contributed by atoms with Crippen molar-refractivity contribution in [1.82, 2.24) is 5.32 Å². The largest absolute Gasteiger partial charge is 0.311 e. The Kier molecular flexibility index (Phi) is 4.59. The van der Waals surface area contributed by atoms with Gasteiger partial charge in [-0.3, -0.25) is 0 Å². The second kappa shape index (κ2) is 5.74. The first-order valence-corrected chi connectivity index (χ1v) is 5.43. The molecule has 92 valence electrons. The molecule has 0 atom stereocenters. The maximum Gasteiger partial charge on any atom is 0.263 e. The molecule has 4 heteroatoms. The number of rotatable bonds is 5. The van der Waals surface area contributed by atoms with E-state index in [0.717, 1.165) is 5.56 Å². The third-order valence-electron chi connectivity index (χ3n) is 2.40. The normalized spacial score (nSPS) is 11.5. The second-order valence-corrected chi connectivity index (χ2v) is 4.64. The minimum absolute atomic E-state index is 0.0313. The first-order chi connectivity index (χ1) is 7.94. The van der Waals surface area contributed by atoms with E-state index >= 15 is 0 Å². The minimum Gasteiger partial charge on any atom is -0.311 e. The summed E-state index contributed by atoms with van der Waals surface area (Å²) in [6.07, 6.45) is -2.44. The molecule has 1 aromatic rings. The van der Waals surface area contributed by atoms with Crippen molar-refractivity contribution < 1.29 is 8.78 Å². The highest BCUT2D eigenvalue weighted by molar-refractivity contribution is 5.24. The summed E-state index contributed by atoms with van der Waals surface area (Å²) >= 11 is 0. The van der Waals surface area contributed by atoms with Gasteiger partial charge in [-0.05, 0) is 25.5 Å². The van der Waals surface area contributed by atoms with Crippen molar-refractivity contribution in [2.24, 2.45) is 5.41 Å². The number of nitrogens with one attached hydrogen (secondary N) is 1. The highest BCUT2D eigenvalue weighted by atomic mass is 19.3. The summed E-state index contributed by atoms with van der Waals surface area (Å²) in [7, 11) is 0. The summed E-state index contributed by atoms with van der Waals surface area (Å²) in [5.41, 5.74) is 0.390. The summed E-state index contributed by atoms with van der Waals surface area (Å²) in [6.45, 7) is 4.68. The number of nitriles is 1. The maximum absolute atomic E-state index is 12.4. The molecule has 0 spiro atoms. The predicted octanol–water partition coefficient (Wildman–Crippen LogP) is 3.26. The molecular formula is C13H16F2N2. The molecule has 0 aliphatic carbocycles. The van der Waals surface area contributed by atoms with Crippen molar-refractivity contribution in [2.75, 3.05) is 6.54 Å². The Hall–Kier alpha value is -1.47. The van der Waals surface area contributed by atoms with Gasteiger partial charge >= 0.3 is 0 Å². The zero-order chi connectivity index (χ0) is 12.9. The number of hydrogen-bond donors (Lipinski definition) is 1. The predicted molar refractivity (Wildman–Crippen MR) is 62.5 cm³/mol. The van der Waals surface area contributed by atoms with Gasteiger partial charge in [0.25, 0.3) is 6.43 Å². The molecule has 17 heavy (non-hydrogen) atoms. The van der Waals surface area contributed by atoms with Crippen LogP contribution in [0.1, 0.15) is 31.4 Å². The topological polar surface area (TPSA) is 35.8 Å². The zero-order valence-electron chi connectivity index (χ0n) is 10.0. The van der Waals surface area contributed by atoms with Gasteiger partial charge in [-0.1, -0.05) is 18.2 Å². The molecule has 0 radical (unpaired) electrons. The maximum atomic E-state index is 12.4. The molecule has 0 saturated heterocycles. The smallest absolute Gasteiger partial charge is 0.263 e. The molecule has 2 nitrogen and oxygen atoms in total. The van der Waals surface area contributed by atoms with E-state index in [1.807, 2.05) is 13.8 Å². The lowest BCUT2D eigenvalue weighted by Crippen LogP contribution is -2.27. The Morgan fingerprint density at radius 1 is 1.41 bits per heavy atom. The van der Waals surface area contributed by atoms with Gasteiger partial charge in [0.2, 0.25) is 0 Å². The van der Waals surface area contributed by atoms with E-state index in [4.69, 9.17) is 5.26 Å². The van der Waals surface area contributed by atoms with E-state index in [1.165, 1.54) is 12.1 Å². The number of alkyl halides is 2. The number of benzene rings is 1.